The Morgan fingerprint density at radius 3 is 2.40 bits per heavy atom. The normalized spacial score (nSPS) is 11.2. The van der Waals surface area contributed by atoms with Crippen molar-refractivity contribution in [2.75, 3.05) is 5.73 Å². The van der Waals surface area contributed by atoms with E-state index in [4.69, 9.17) is 28.9 Å². The van der Waals surface area contributed by atoms with Crippen LogP contribution in [0.15, 0.2) is 30.3 Å². The molecule has 0 fully saturated rings. The average Bonchev–Trinajstić information content (AvgIpc) is 2.72. The molecule has 0 spiro atoms. The lowest BCUT2D eigenvalue weighted by molar-refractivity contribution is 0.959. The van der Waals surface area contributed by atoms with Gasteiger partial charge in [0.2, 0.25) is 0 Å². The number of benzene rings is 2. The summed E-state index contributed by atoms with van der Waals surface area (Å²) in [7, 11) is 1.97. The van der Waals surface area contributed by atoms with Crippen LogP contribution in [0.4, 0.5) is 5.69 Å². The second-order valence-electron chi connectivity index (χ2n) is 4.84. The molecule has 5 heteroatoms. The summed E-state index contributed by atoms with van der Waals surface area (Å²) < 4.78 is 2.02. The van der Waals surface area contributed by atoms with Gasteiger partial charge in [0, 0.05) is 12.6 Å². The first kappa shape index (κ1) is 13.3. The van der Waals surface area contributed by atoms with Gasteiger partial charge in [-0.05, 0) is 36.8 Å². The van der Waals surface area contributed by atoms with Crippen LogP contribution in [0.5, 0.6) is 0 Å². The standard InChI is InChI=1S/C15H13Cl2N3/c1-8-3-4-13-12(5-8)19-15(20(13)2)9-6-10(16)14(18)11(17)7-9/h3-7H,18H2,1-2H3. The van der Waals surface area contributed by atoms with E-state index in [0.717, 1.165) is 22.4 Å². The third-order valence-electron chi connectivity index (χ3n) is 3.37. The fourth-order valence-corrected chi connectivity index (χ4v) is 2.77. The molecule has 0 saturated heterocycles. The van der Waals surface area contributed by atoms with Crippen LogP contribution in [0.2, 0.25) is 10.0 Å². The van der Waals surface area contributed by atoms with Crippen molar-refractivity contribution in [3.63, 3.8) is 0 Å². The molecule has 1 heterocycles. The predicted molar refractivity (Wildman–Crippen MR) is 85.3 cm³/mol. The van der Waals surface area contributed by atoms with Crippen LogP contribution >= 0.6 is 23.2 Å². The monoisotopic (exact) mass is 305 g/mol. The van der Waals surface area contributed by atoms with Gasteiger partial charge in [-0.3, -0.25) is 0 Å². The third kappa shape index (κ3) is 2.03. The molecule has 0 saturated carbocycles. The van der Waals surface area contributed by atoms with Crippen molar-refractivity contribution in [3.05, 3.63) is 45.9 Å². The zero-order valence-electron chi connectivity index (χ0n) is 11.1. The Morgan fingerprint density at radius 2 is 1.75 bits per heavy atom. The van der Waals surface area contributed by atoms with Crippen LogP contribution in [0.1, 0.15) is 5.56 Å². The van der Waals surface area contributed by atoms with Gasteiger partial charge in [-0.25, -0.2) is 4.98 Å². The molecule has 20 heavy (non-hydrogen) atoms. The number of nitrogens with zero attached hydrogens (tertiary/aromatic N) is 2. The Hall–Kier alpha value is -1.71. The third-order valence-corrected chi connectivity index (χ3v) is 4.00. The highest BCUT2D eigenvalue weighted by atomic mass is 35.5. The summed E-state index contributed by atoms with van der Waals surface area (Å²) in [5, 5.41) is 0.881. The number of aromatic nitrogens is 2. The summed E-state index contributed by atoms with van der Waals surface area (Å²) in [6.45, 7) is 2.05. The van der Waals surface area contributed by atoms with E-state index in [2.05, 4.69) is 23.2 Å². The first-order chi connectivity index (χ1) is 9.47. The lowest BCUT2D eigenvalue weighted by Crippen LogP contribution is -1.94. The number of imidazole rings is 1. The summed E-state index contributed by atoms with van der Waals surface area (Å²) in [6, 6.07) is 9.76. The Kier molecular flexibility index (Phi) is 3.11. The van der Waals surface area contributed by atoms with Gasteiger partial charge in [-0.15, -0.1) is 0 Å². The second-order valence-corrected chi connectivity index (χ2v) is 5.65. The van der Waals surface area contributed by atoms with Crippen molar-refractivity contribution < 1.29 is 0 Å². The van der Waals surface area contributed by atoms with Gasteiger partial charge in [-0.1, -0.05) is 29.3 Å². The zero-order valence-corrected chi connectivity index (χ0v) is 12.6. The minimum atomic E-state index is 0.395. The second kappa shape index (κ2) is 4.69. The van der Waals surface area contributed by atoms with E-state index in [-0.39, 0.29) is 0 Å². The zero-order chi connectivity index (χ0) is 14.4. The molecule has 0 bridgehead atoms. The number of aryl methyl sites for hydroxylation is 2. The van der Waals surface area contributed by atoms with Gasteiger partial charge in [0.1, 0.15) is 5.82 Å². The van der Waals surface area contributed by atoms with E-state index in [1.165, 1.54) is 5.56 Å². The molecule has 0 radical (unpaired) electrons. The Balaban J connectivity index is 2.27. The summed E-state index contributed by atoms with van der Waals surface area (Å²) in [5.74, 6) is 0.814. The molecule has 0 aliphatic heterocycles. The number of hydrogen-bond acceptors (Lipinski definition) is 2. The molecule has 3 nitrogen and oxygen atoms in total. The highest BCUT2D eigenvalue weighted by Gasteiger charge is 2.13. The number of anilines is 1. The van der Waals surface area contributed by atoms with Crippen molar-refractivity contribution in [2.45, 2.75) is 6.92 Å². The van der Waals surface area contributed by atoms with E-state index < -0.39 is 0 Å². The molecule has 2 aromatic carbocycles. The number of halogens is 2. The summed E-state index contributed by atoms with van der Waals surface area (Å²) in [4.78, 5) is 4.66. The van der Waals surface area contributed by atoms with E-state index in [1.807, 2.05) is 18.5 Å². The highest BCUT2D eigenvalue weighted by Crippen LogP contribution is 2.34. The fraction of sp³-hybridized carbons (Fsp3) is 0.133. The minimum Gasteiger partial charge on any atom is -0.396 e. The van der Waals surface area contributed by atoms with Gasteiger partial charge in [0.05, 0.1) is 26.8 Å². The van der Waals surface area contributed by atoms with Crippen molar-refractivity contribution in [3.8, 4) is 11.4 Å². The fourth-order valence-electron chi connectivity index (χ4n) is 2.28. The molecule has 102 valence electrons. The smallest absolute Gasteiger partial charge is 0.140 e. The van der Waals surface area contributed by atoms with Crippen molar-refractivity contribution in [1.82, 2.24) is 9.55 Å². The topological polar surface area (TPSA) is 43.8 Å². The van der Waals surface area contributed by atoms with Crippen LogP contribution in [0, 0.1) is 6.92 Å². The number of nitrogens with two attached hydrogens (primary N) is 1. The predicted octanol–water partition coefficient (Wildman–Crippen LogP) is 4.44. The van der Waals surface area contributed by atoms with Gasteiger partial charge in [0.15, 0.2) is 0 Å². The van der Waals surface area contributed by atoms with Gasteiger partial charge in [-0.2, -0.15) is 0 Å². The van der Waals surface area contributed by atoms with Crippen molar-refractivity contribution in [1.29, 1.82) is 0 Å². The van der Waals surface area contributed by atoms with Gasteiger partial charge in [0.25, 0.3) is 0 Å². The van der Waals surface area contributed by atoms with E-state index in [0.29, 0.717) is 15.7 Å². The van der Waals surface area contributed by atoms with E-state index >= 15 is 0 Å². The lowest BCUT2D eigenvalue weighted by Gasteiger charge is -2.06. The Labute approximate surface area is 126 Å². The molecule has 0 aliphatic carbocycles. The number of rotatable bonds is 1. The first-order valence-electron chi connectivity index (χ1n) is 6.15. The van der Waals surface area contributed by atoms with Crippen LogP contribution in [-0.2, 0) is 7.05 Å². The maximum absolute atomic E-state index is 6.10. The number of hydrogen-bond donors (Lipinski definition) is 1. The molecule has 1 aromatic heterocycles. The molecular formula is C15H13Cl2N3. The van der Waals surface area contributed by atoms with Crippen LogP contribution in [0.25, 0.3) is 22.4 Å². The highest BCUT2D eigenvalue weighted by molar-refractivity contribution is 6.39. The first-order valence-corrected chi connectivity index (χ1v) is 6.91. The van der Waals surface area contributed by atoms with Crippen LogP contribution < -0.4 is 5.73 Å². The molecule has 0 amide bonds. The molecule has 0 unspecified atom stereocenters. The van der Waals surface area contributed by atoms with Crippen molar-refractivity contribution >= 4 is 39.9 Å². The minimum absolute atomic E-state index is 0.395. The molecule has 3 aromatic rings. The largest absolute Gasteiger partial charge is 0.396 e. The maximum Gasteiger partial charge on any atom is 0.140 e. The van der Waals surface area contributed by atoms with Crippen LogP contribution in [0.3, 0.4) is 0 Å². The maximum atomic E-state index is 6.10. The SMILES string of the molecule is Cc1ccc2c(c1)nc(-c1cc(Cl)c(N)c(Cl)c1)n2C. The Morgan fingerprint density at radius 1 is 1.10 bits per heavy atom. The van der Waals surface area contributed by atoms with Crippen LogP contribution in [-0.4, -0.2) is 9.55 Å². The van der Waals surface area contributed by atoms with Gasteiger partial charge < -0.3 is 10.3 Å². The summed E-state index contributed by atoms with van der Waals surface area (Å²) >= 11 is 12.2. The molecule has 0 aliphatic rings. The quantitative estimate of drug-likeness (QED) is 0.676. The average molecular weight is 306 g/mol. The molecular weight excluding hydrogens is 293 g/mol. The van der Waals surface area contributed by atoms with E-state index in [9.17, 15) is 0 Å². The van der Waals surface area contributed by atoms with Gasteiger partial charge >= 0.3 is 0 Å². The summed E-state index contributed by atoms with van der Waals surface area (Å²) in [5.41, 5.74) is 10.2. The lowest BCUT2D eigenvalue weighted by atomic mass is 10.2. The number of fused-ring (bicyclic) bond motifs is 1. The number of nitrogen functional groups attached to an aromatic ring is 1. The Bertz CT molecular complexity index is 798. The molecule has 0 atom stereocenters. The molecule has 2 N–H and O–H groups in total. The van der Waals surface area contributed by atoms with E-state index in [1.54, 1.807) is 12.1 Å². The van der Waals surface area contributed by atoms with Crippen molar-refractivity contribution in [2.24, 2.45) is 7.05 Å². The molecule has 3 rings (SSSR count). The summed E-state index contributed by atoms with van der Waals surface area (Å²) in [6.07, 6.45) is 0.